The molecule has 7 heterocycles. The zero-order valence-electron chi connectivity index (χ0n) is 66.6. The van der Waals surface area contributed by atoms with Crippen molar-refractivity contribution in [2.45, 2.75) is 161 Å². The summed E-state index contributed by atoms with van der Waals surface area (Å²) in [4.78, 5) is 91.9. The molecule has 0 saturated carbocycles. The second-order valence-electron chi connectivity index (χ2n) is 28.3. The highest BCUT2D eigenvalue weighted by molar-refractivity contribution is 7.88. The molecule has 1 fully saturated rings. The fraction of sp³-hybridized carbons (Fsp3) is 0.364. The molecule has 8 N–H and O–H groups in total. The number of halogens is 6. The van der Waals surface area contributed by atoms with E-state index in [1.54, 1.807) is 158 Å². The molecular formula is C88H95F6N3O25S. The number of nitrogens with one attached hydrogen (secondary N) is 2. The molecule has 660 valence electrons. The lowest BCUT2D eigenvalue weighted by Gasteiger charge is -2.40. The molecule has 0 aromatic heterocycles. The summed E-state index contributed by atoms with van der Waals surface area (Å²) >= 11 is 0. The first kappa shape index (κ1) is 97.1. The molecule has 2 unspecified atom stereocenters. The van der Waals surface area contributed by atoms with E-state index >= 15 is 0 Å². The number of hydrogen-bond acceptors (Lipinski definition) is 26. The van der Waals surface area contributed by atoms with Crippen LogP contribution in [0.5, 0.6) is 0 Å². The molecule has 28 nitrogen and oxygen atoms in total. The Hall–Kier alpha value is -11.4. The van der Waals surface area contributed by atoms with Gasteiger partial charge in [-0.1, -0.05) is 206 Å². The minimum Gasteiger partial charge on any atom is -0.456 e. The second kappa shape index (κ2) is 47.9. The normalized spacial score (nSPS) is 25.0. The van der Waals surface area contributed by atoms with Crippen molar-refractivity contribution in [1.29, 1.82) is 0 Å². The van der Waals surface area contributed by atoms with Gasteiger partial charge in [0.1, 0.15) is 48.8 Å². The number of hydrogen-bond donors (Lipinski definition) is 8. The molecule has 23 atom stereocenters. The Bertz CT molecular complexity index is 4600. The number of carbonyl (C=O) groups excluding carboxylic acids is 8. The largest absolute Gasteiger partial charge is 0.456 e. The number of benzene rings is 6. The molecule has 1 amide bonds. The van der Waals surface area contributed by atoms with Gasteiger partial charge >= 0.3 is 41.8 Å². The molecule has 7 aliphatic rings. The third-order valence-corrected chi connectivity index (χ3v) is 20.0. The van der Waals surface area contributed by atoms with Gasteiger partial charge in [0.25, 0.3) is 0 Å². The van der Waals surface area contributed by atoms with E-state index in [0.29, 0.717) is 49.4 Å². The maximum atomic E-state index is 14.7. The minimum atomic E-state index is -3.62. The quantitative estimate of drug-likeness (QED) is 0.0163. The third-order valence-electron chi connectivity index (χ3n) is 19.3. The highest BCUT2D eigenvalue weighted by atomic mass is 32.2. The van der Waals surface area contributed by atoms with E-state index in [0.717, 1.165) is 24.5 Å². The fourth-order valence-corrected chi connectivity index (χ4v) is 13.9. The third kappa shape index (κ3) is 29.4. The van der Waals surface area contributed by atoms with Crippen molar-refractivity contribution in [3.8, 4) is 0 Å². The van der Waals surface area contributed by atoms with Gasteiger partial charge in [-0.2, -0.15) is 0 Å². The van der Waals surface area contributed by atoms with Crippen LogP contribution in [0.15, 0.2) is 255 Å². The van der Waals surface area contributed by atoms with Crippen LogP contribution in [0.3, 0.4) is 0 Å². The number of aliphatic hydroxyl groups is 6. The zero-order valence-corrected chi connectivity index (χ0v) is 67.4. The van der Waals surface area contributed by atoms with Crippen molar-refractivity contribution in [1.82, 2.24) is 14.9 Å². The van der Waals surface area contributed by atoms with Gasteiger partial charge in [0.05, 0.1) is 37.6 Å². The molecule has 0 radical (unpaired) electrons. The topological polar surface area (TPSA) is 402 Å². The Kier molecular flexibility index (Phi) is 37.8. The van der Waals surface area contributed by atoms with Gasteiger partial charge in [-0.15, -0.1) is 0 Å². The highest BCUT2D eigenvalue weighted by Gasteiger charge is 2.45. The standard InChI is InChI=1S/C17H20FNO4.C15H16FNO4.C15H15FO5.C14H16FNO5S.C14H15FO4.C13H13FO3/c18-15(12-4-2-1-3-5-12)16(21)17-13(6-7-14(20)23-17)19-8-10-22-11-9-19;1-9(18)17-11-7-8-12(19)21-15(11)14(20)13(16)10-5-3-2-4-6-10;1-9(17)20-11-7-8-12(18)21-15(11)14(19)13(16)10-5-3-2-4-6-10;1-22(19,20)16-10-7-8-11(17)21-14(10)13(18)12(15)9-5-3-2-4-6-9;1-18-10-7-8-11(16)19-14(10)13(17)12(15)9-5-3-2-4-6-9;14-12(9-5-2-1-3-6-9)13(16)10-7-4-8-11(15)17-10/h1-7,13,15-17,21H,8-11H2;2-8,11,13-15,20H,1H3,(H,17,18);2-8,11,13-15,19H,1H3;2-8,10,12-14,16,18H,1H3;2-8,10,12-14,17H,1H3;1-6,8,10,12-13,16H,7H2/t13-,15+,16-,17+;11-,13+,14-,15+;11?,13-,14+,15-;10-,12+,13-,14+;10?,12-,13+,14-;10-,12-,13-/m001011/s1. The first-order valence-electron chi connectivity index (χ1n) is 38.5. The van der Waals surface area contributed by atoms with Gasteiger partial charge in [-0.05, 0) is 45.5 Å². The lowest BCUT2D eigenvalue weighted by molar-refractivity contribution is -0.174. The summed E-state index contributed by atoms with van der Waals surface area (Å²) in [6.07, 6.45) is -10.7. The number of rotatable bonds is 24. The summed E-state index contributed by atoms with van der Waals surface area (Å²) in [5.74, 6) is -4.86. The monoisotopic (exact) mass is 1740 g/mol. The van der Waals surface area contributed by atoms with Crippen molar-refractivity contribution >= 4 is 57.7 Å². The van der Waals surface area contributed by atoms with Crippen LogP contribution in [0, 0.1) is 0 Å². The van der Waals surface area contributed by atoms with Gasteiger partial charge < -0.3 is 78.6 Å². The van der Waals surface area contributed by atoms with Gasteiger partial charge in [0.2, 0.25) is 15.9 Å². The highest BCUT2D eigenvalue weighted by Crippen LogP contribution is 2.35. The number of amides is 1. The molecule has 35 heteroatoms. The number of methoxy groups -OCH3 is 1. The summed E-state index contributed by atoms with van der Waals surface area (Å²) in [6, 6.07) is 46.8. The first-order valence-corrected chi connectivity index (χ1v) is 40.4. The van der Waals surface area contributed by atoms with E-state index in [1.165, 1.54) is 99.9 Å². The van der Waals surface area contributed by atoms with Crippen LogP contribution in [0.25, 0.3) is 0 Å². The predicted octanol–water partition coefficient (Wildman–Crippen LogP) is 7.70. The van der Waals surface area contributed by atoms with Crippen molar-refractivity contribution in [3.63, 3.8) is 0 Å². The molecule has 6 aromatic carbocycles. The molecule has 1 saturated heterocycles. The number of morpholine rings is 1. The fourth-order valence-electron chi connectivity index (χ4n) is 13.2. The van der Waals surface area contributed by atoms with E-state index in [1.807, 2.05) is 4.90 Å². The average molecular weight is 1740 g/mol. The van der Waals surface area contributed by atoms with Crippen molar-refractivity contribution < 1.29 is 146 Å². The summed E-state index contributed by atoms with van der Waals surface area (Å²) in [5.41, 5.74) is 1.81. The molecule has 6 aromatic rings. The lowest BCUT2D eigenvalue weighted by Crippen LogP contribution is -2.55. The van der Waals surface area contributed by atoms with E-state index in [-0.39, 0.29) is 28.6 Å². The molecule has 0 spiro atoms. The van der Waals surface area contributed by atoms with Gasteiger partial charge in [0, 0.05) is 76.9 Å². The molecule has 0 aliphatic carbocycles. The predicted molar refractivity (Wildman–Crippen MR) is 428 cm³/mol. The number of nitrogens with zero attached hydrogens (tertiary/aromatic N) is 1. The van der Waals surface area contributed by atoms with Crippen molar-refractivity contribution in [2.75, 3.05) is 39.7 Å². The van der Waals surface area contributed by atoms with E-state index < -0.39 is 186 Å². The van der Waals surface area contributed by atoms with Gasteiger partial charge in [-0.3, -0.25) is 14.5 Å². The molecule has 7 aliphatic heterocycles. The molecule has 123 heavy (non-hydrogen) atoms. The van der Waals surface area contributed by atoms with E-state index in [2.05, 4.69) is 10.0 Å². The zero-order chi connectivity index (χ0) is 89.5. The SMILES string of the molecule is CC(=O)N[C@H]1C=CC(=O)O[C@H]1[C@@H](O)[C@H](F)c1ccccc1.CC(=O)OC1C=CC(=O)O[C@H]1[C@@H](O)[C@H](F)c1ccccc1.COC1C=CC(=O)O[C@H]1[C@@H](O)[C@H](F)c1ccccc1.CS(=O)(=O)N[C@H]1C=CC(=O)O[C@H]1[C@@H](O)[C@H](F)c1ccccc1.O=C1C=CC[C@H]([C@@H](O)[C@H](F)c2ccccc2)O1.O=C1C=C[C@H](N2CCOCC2)[C@H]([C@@H](O)[C@H](F)c2ccccc2)O1. The number of sulfonamides is 1. The smallest absolute Gasteiger partial charge is 0.331 e. The number of carbonyl (C=O) groups is 8. The lowest BCUT2D eigenvalue weighted by atomic mass is 9.94. The molecule has 0 bridgehead atoms. The maximum Gasteiger partial charge on any atom is 0.331 e. The van der Waals surface area contributed by atoms with Crippen LogP contribution in [0.1, 0.15) is 90.7 Å². The summed E-state index contributed by atoms with van der Waals surface area (Å²) in [5, 5.41) is 63.3. The Morgan fingerprint density at radius 3 is 1.07 bits per heavy atom. The van der Waals surface area contributed by atoms with Crippen molar-refractivity contribution in [2.24, 2.45) is 0 Å². The molecule has 13 rings (SSSR count). The minimum absolute atomic E-state index is 0.207. The summed E-state index contributed by atoms with van der Waals surface area (Å²) < 4.78 is 156. The van der Waals surface area contributed by atoms with Crippen LogP contribution >= 0.6 is 0 Å². The number of esters is 7. The Labute approximate surface area is 704 Å². The first-order chi connectivity index (χ1) is 58.7. The Morgan fingerprint density at radius 2 is 0.707 bits per heavy atom. The number of alkyl halides is 6. The molecular weight excluding hydrogens is 1650 g/mol. The van der Waals surface area contributed by atoms with Crippen LogP contribution in [0.4, 0.5) is 26.3 Å². The second-order valence-corrected chi connectivity index (χ2v) is 30.1. The number of cyclic esters (lactones) is 6. The van der Waals surface area contributed by atoms with E-state index in [4.69, 9.17) is 42.6 Å². The van der Waals surface area contributed by atoms with Crippen LogP contribution < -0.4 is 10.0 Å². The van der Waals surface area contributed by atoms with Crippen molar-refractivity contribution in [3.05, 3.63) is 288 Å². The van der Waals surface area contributed by atoms with Gasteiger partial charge in [0.15, 0.2) is 73.7 Å². The summed E-state index contributed by atoms with van der Waals surface area (Å²) in [6.45, 7) is 4.91. The maximum absolute atomic E-state index is 14.7. The Morgan fingerprint density at radius 1 is 0.407 bits per heavy atom. The van der Waals surface area contributed by atoms with Crippen LogP contribution in [-0.2, 0) is 91.0 Å². The van der Waals surface area contributed by atoms with Gasteiger partial charge in [-0.25, -0.2) is 68.2 Å². The van der Waals surface area contributed by atoms with Crippen LogP contribution in [-0.4, -0.2) is 235 Å². The number of aliphatic hydroxyl groups excluding tert-OH is 6. The summed E-state index contributed by atoms with van der Waals surface area (Å²) in [7, 11) is -2.22. The Balaban J connectivity index is 0.000000184. The van der Waals surface area contributed by atoms with E-state index in [9.17, 15) is 104 Å². The van der Waals surface area contributed by atoms with Crippen LogP contribution in [0.2, 0.25) is 0 Å². The average Bonchev–Trinajstić information content (AvgIpc) is 0.819. The number of ether oxygens (including phenoxy) is 9.